The Morgan fingerprint density at radius 2 is 2.10 bits per heavy atom. The minimum Gasteiger partial charge on any atom is -0.478 e. The quantitative estimate of drug-likeness (QED) is 0.475. The van der Waals surface area contributed by atoms with Gasteiger partial charge in [0.1, 0.15) is 6.33 Å². The van der Waals surface area contributed by atoms with Crippen molar-refractivity contribution < 1.29 is 9.90 Å². The van der Waals surface area contributed by atoms with Crippen molar-refractivity contribution in [3.05, 3.63) is 42.4 Å². The van der Waals surface area contributed by atoms with Crippen molar-refractivity contribution in [2.45, 2.75) is 0 Å². The van der Waals surface area contributed by atoms with Gasteiger partial charge in [-0.25, -0.2) is 25.3 Å². The van der Waals surface area contributed by atoms with Gasteiger partial charge in [-0.1, -0.05) is 12.1 Å². The molecule has 100 valence electrons. The minimum atomic E-state index is -1.03. The Hall–Kier alpha value is -3.00. The number of carboxylic acids is 1. The number of para-hydroxylation sites is 1. The second-order valence-electron chi connectivity index (χ2n) is 3.98. The lowest BCUT2D eigenvalue weighted by Crippen LogP contribution is -2.10. The topological polar surface area (TPSA) is 119 Å². The molecule has 0 spiro atoms. The highest BCUT2D eigenvalue weighted by Gasteiger charge is 2.15. The number of carboxylic acid groups (broad SMARTS) is 1. The first-order valence-corrected chi connectivity index (χ1v) is 5.70. The third-order valence-electron chi connectivity index (χ3n) is 2.87. The van der Waals surface area contributed by atoms with Crippen LogP contribution in [0.25, 0.3) is 16.7 Å². The summed E-state index contributed by atoms with van der Waals surface area (Å²) < 4.78 is 1.45. The summed E-state index contributed by atoms with van der Waals surface area (Å²) in [5, 5.41) is 14.0. The number of benzene rings is 1. The maximum atomic E-state index is 11.3. The Labute approximate surface area is 112 Å². The molecule has 3 rings (SSSR count). The van der Waals surface area contributed by atoms with Crippen molar-refractivity contribution in [3.8, 4) is 5.69 Å². The van der Waals surface area contributed by atoms with Crippen LogP contribution in [0.4, 0.5) is 5.82 Å². The summed E-state index contributed by atoms with van der Waals surface area (Å²) in [5.74, 6) is 4.76. The van der Waals surface area contributed by atoms with E-state index in [0.717, 1.165) is 0 Å². The number of aromatic nitrogens is 4. The number of anilines is 1. The lowest BCUT2D eigenvalue weighted by atomic mass is 10.2. The molecule has 20 heavy (non-hydrogen) atoms. The zero-order chi connectivity index (χ0) is 14.1. The highest BCUT2D eigenvalue weighted by atomic mass is 16.4. The van der Waals surface area contributed by atoms with Gasteiger partial charge in [-0.3, -0.25) is 0 Å². The predicted octanol–water partition coefficient (Wildman–Crippen LogP) is 0.799. The number of fused-ring (bicyclic) bond motifs is 1. The van der Waals surface area contributed by atoms with Gasteiger partial charge in [-0.15, -0.1) is 0 Å². The molecular weight excluding hydrogens is 260 g/mol. The number of hydrogen-bond acceptors (Lipinski definition) is 6. The van der Waals surface area contributed by atoms with Gasteiger partial charge >= 0.3 is 5.97 Å². The van der Waals surface area contributed by atoms with E-state index in [-0.39, 0.29) is 5.56 Å². The molecule has 1 aromatic carbocycles. The van der Waals surface area contributed by atoms with Crippen molar-refractivity contribution in [2.24, 2.45) is 5.84 Å². The summed E-state index contributed by atoms with van der Waals surface area (Å²) in [4.78, 5) is 19.4. The van der Waals surface area contributed by atoms with Crippen molar-refractivity contribution >= 4 is 22.8 Å². The number of nitrogens with one attached hydrogen (secondary N) is 1. The lowest BCUT2D eigenvalue weighted by molar-refractivity contribution is 0.0697. The molecule has 0 bridgehead atoms. The first-order valence-electron chi connectivity index (χ1n) is 5.70. The van der Waals surface area contributed by atoms with Crippen LogP contribution in [0.15, 0.2) is 36.8 Å². The fraction of sp³-hybridized carbons (Fsp3) is 0. The smallest absolute Gasteiger partial charge is 0.337 e. The van der Waals surface area contributed by atoms with E-state index in [2.05, 4.69) is 20.5 Å². The Balaban J connectivity index is 2.29. The molecule has 0 aliphatic heterocycles. The van der Waals surface area contributed by atoms with Crippen molar-refractivity contribution in [2.75, 3.05) is 5.43 Å². The van der Waals surface area contributed by atoms with Gasteiger partial charge in [0.2, 0.25) is 0 Å². The summed E-state index contributed by atoms with van der Waals surface area (Å²) in [6.45, 7) is 0. The largest absolute Gasteiger partial charge is 0.478 e. The number of carbonyl (C=O) groups is 1. The molecule has 0 radical (unpaired) electrons. The molecule has 2 heterocycles. The maximum absolute atomic E-state index is 11.3. The van der Waals surface area contributed by atoms with E-state index in [9.17, 15) is 9.90 Å². The fourth-order valence-corrected chi connectivity index (χ4v) is 1.97. The van der Waals surface area contributed by atoms with Crippen LogP contribution in [-0.4, -0.2) is 30.8 Å². The Morgan fingerprint density at radius 3 is 2.85 bits per heavy atom. The third kappa shape index (κ3) is 1.75. The lowest BCUT2D eigenvalue weighted by Gasteiger charge is -2.06. The van der Waals surface area contributed by atoms with Gasteiger partial charge in [0, 0.05) is 0 Å². The Kier molecular flexibility index (Phi) is 2.77. The zero-order valence-corrected chi connectivity index (χ0v) is 10.2. The van der Waals surface area contributed by atoms with Crippen LogP contribution in [0.5, 0.6) is 0 Å². The van der Waals surface area contributed by atoms with E-state index in [0.29, 0.717) is 22.5 Å². The SMILES string of the molecule is NNc1ncnc2c1cnn2-c1ccccc1C(=O)O. The average Bonchev–Trinajstić information content (AvgIpc) is 2.90. The van der Waals surface area contributed by atoms with Gasteiger partial charge in [-0.05, 0) is 12.1 Å². The van der Waals surface area contributed by atoms with Gasteiger partial charge in [0.15, 0.2) is 11.5 Å². The van der Waals surface area contributed by atoms with E-state index in [4.69, 9.17) is 5.84 Å². The number of nitrogens with two attached hydrogens (primary N) is 1. The third-order valence-corrected chi connectivity index (χ3v) is 2.87. The van der Waals surface area contributed by atoms with Crippen molar-refractivity contribution in [1.29, 1.82) is 0 Å². The molecule has 0 fully saturated rings. The number of nitrogens with zero attached hydrogens (tertiary/aromatic N) is 4. The molecule has 0 unspecified atom stereocenters. The molecule has 2 aromatic heterocycles. The highest BCUT2D eigenvalue weighted by Crippen LogP contribution is 2.22. The summed E-state index contributed by atoms with van der Waals surface area (Å²) >= 11 is 0. The molecule has 0 amide bonds. The van der Waals surface area contributed by atoms with Crippen LogP contribution in [0.3, 0.4) is 0 Å². The number of nitrogen functional groups attached to an aromatic ring is 1. The van der Waals surface area contributed by atoms with Crippen LogP contribution in [0.2, 0.25) is 0 Å². The van der Waals surface area contributed by atoms with Crippen LogP contribution in [0.1, 0.15) is 10.4 Å². The minimum absolute atomic E-state index is 0.137. The first-order chi connectivity index (χ1) is 9.72. The highest BCUT2D eigenvalue weighted by molar-refractivity contribution is 5.93. The van der Waals surface area contributed by atoms with Gasteiger partial charge in [0.25, 0.3) is 0 Å². The van der Waals surface area contributed by atoms with Crippen LogP contribution in [0, 0.1) is 0 Å². The molecule has 0 saturated carbocycles. The van der Waals surface area contributed by atoms with E-state index >= 15 is 0 Å². The number of rotatable bonds is 3. The van der Waals surface area contributed by atoms with Crippen LogP contribution >= 0.6 is 0 Å². The molecule has 8 nitrogen and oxygen atoms in total. The Morgan fingerprint density at radius 1 is 1.30 bits per heavy atom. The number of hydrogen-bond donors (Lipinski definition) is 3. The summed E-state index contributed by atoms with van der Waals surface area (Å²) in [6, 6.07) is 6.56. The fourth-order valence-electron chi connectivity index (χ4n) is 1.97. The number of hydrazine groups is 1. The second kappa shape index (κ2) is 4.59. The van der Waals surface area contributed by atoms with Crippen molar-refractivity contribution in [3.63, 3.8) is 0 Å². The zero-order valence-electron chi connectivity index (χ0n) is 10.2. The normalized spacial score (nSPS) is 10.7. The second-order valence-corrected chi connectivity index (χ2v) is 3.98. The first kappa shape index (κ1) is 12.1. The van der Waals surface area contributed by atoms with Gasteiger partial charge < -0.3 is 10.5 Å². The number of aromatic carboxylic acids is 1. The van der Waals surface area contributed by atoms with E-state index in [1.807, 2.05) is 0 Å². The molecule has 3 aromatic rings. The maximum Gasteiger partial charge on any atom is 0.337 e. The van der Waals surface area contributed by atoms with E-state index in [1.165, 1.54) is 23.3 Å². The molecule has 0 aliphatic rings. The molecule has 0 atom stereocenters. The average molecular weight is 270 g/mol. The Bertz CT molecular complexity index is 797. The molecule has 4 N–H and O–H groups in total. The summed E-state index contributed by atoms with van der Waals surface area (Å²) in [6.07, 6.45) is 2.86. The van der Waals surface area contributed by atoms with E-state index in [1.54, 1.807) is 18.2 Å². The monoisotopic (exact) mass is 270 g/mol. The van der Waals surface area contributed by atoms with Gasteiger partial charge in [-0.2, -0.15) is 5.10 Å². The standard InChI is InChI=1S/C12H10N6O2/c13-17-10-8-5-16-18(11(8)15-6-14-10)9-4-2-1-3-7(9)12(19)20/h1-6H,13H2,(H,19,20)(H,14,15,17). The van der Waals surface area contributed by atoms with Crippen LogP contribution < -0.4 is 11.3 Å². The molecule has 0 aliphatic carbocycles. The van der Waals surface area contributed by atoms with Crippen molar-refractivity contribution in [1.82, 2.24) is 19.7 Å². The van der Waals surface area contributed by atoms with Gasteiger partial charge in [0.05, 0.1) is 22.8 Å². The summed E-state index contributed by atoms with van der Waals surface area (Å²) in [7, 11) is 0. The van der Waals surface area contributed by atoms with E-state index < -0.39 is 5.97 Å². The molecular formula is C12H10N6O2. The molecule has 8 heteroatoms. The molecule has 0 saturated heterocycles. The van der Waals surface area contributed by atoms with Crippen LogP contribution in [-0.2, 0) is 0 Å². The summed E-state index contributed by atoms with van der Waals surface area (Å²) in [5.41, 5.74) is 3.49. The predicted molar refractivity (Wildman–Crippen MR) is 71.4 cm³/mol.